The minimum Gasteiger partial charge on any atom is -0.493 e. The van der Waals surface area contributed by atoms with Gasteiger partial charge in [0.25, 0.3) is 5.91 Å². The van der Waals surface area contributed by atoms with Crippen molar-refractivity contribution in [3.8, 4) is 11.5 Å². The third kappa shape index (κ3) is 6.30. The van der Waals surface area contributed by atoms with E-state index < -0.39 is 5.97 Å². The van der Waals surface area contributed by atoms with Crippen LogP contribution in [0.3, 0.4) is 0 Å². The van der Waals surface area contributed by atoms with Crippen LogP contribution in [-0.2, 0) is 9.59 Å². The molecule has 0 spiro atoms. The van der Waals surface area contributed by atoms with Crippen LogP contribution in [0.2, 0.25) is 0 Å². The van der Waals surface area contributed by atoms with Gasteiger partial charge in [-0.3, -0.25) is 9.59 Å². The van der Waals surface area contributed by atoms with Gasteiger partial charge in [0.2, 0.25) is 0 Å². The van der Waals surface area contributed by atoms with Crippen LogP contribution < -0.4 is 14.8 Å². The highest BCUT2D eigenvalue weighted by atomic mass is 16.5. The fraction of sp³-hybridized carbons (Fsp3) is 0.375. The highest BCUT2D eigenvalue weighted by molar-refractivity contribution is 5.77. The van der Waals surface area contributed by atoms with Gasteiger partial charge in [0, 0.05) is 13.0 Å². The second kappa shape index (κ2) is 9.44. The van der Waals surface area contributed by atoms with Crippen molar-refractivity contribution < 1.29 is 24.2 Å². The van der Waals surface area contributed by atoms with E-state index in [0.29, 0.717) is 24.5 Å². The van der Waals surface area contributed by atoms with Gasteiger partial charge >= 0.3 is 5.97 Å². The van der Waals surface area contributed by atoms with Crippen LogP contribution >= 0.6 is 0 Å². The number of hydrogen-bond donors (Lipinski definition) is 2. The first-order chi connectivity index (χ1) is 10.6. The molecule has 0 saturated heterocycles. The lowest BCUT2D eigenvalue weighted by molar-refractivity contribution is -0.137. The molecule has 0 unspecified atom stereocenters. The molecular weight excluding hydrogens is 286 g/mol. The molecule has 0 saturated carbocycles. The highest BCUT2D eigenvalue weighted by Gasteiger charge is 2.08. The predicted molar refractivity (Wildman–Crippen MR) is 83.1 cm³/mol. The summed E-state index contributed by atoms with van der Waals surface area (Å²) in [6, 6.07) is 5.43. The number of nitrogens with one attached hydrogen (secondary N) is 1. The van der Waals surface area contributed by atoms with Gasteiger partial charge in [-0.15, -0.1) is 0 Å². The monoisotopic (exact) mass is 307 g/mol. The molecule has 6 nitrogen and oxygen atoms in total. The zero-order valence-electron chi connectivity index (χ0n) is 12.8. The zero-order chi connectivity index (χ0) is 16.4. The maximum absolute atomic E-state index is 11.6. The van der Waals surface area contributed by atoms with Gasteiger partial charge in [-0.2, -0.15) is 0 Å². The highest BCUT2D eigenvalue weighted by Crippen LogP contribution is 2.28. The molecule has 1 amide bonds. The predicted octanol–water partition coefficient (Wildman–Crippen LogP) is 2.09. The molecule has 120 valence electrons. The number of rotatable bonds is 9. The van der Waals surface area contributed by atoms with Crippen LogP contribution in [0.1, 0.15) is 25.3 Å². The first-order valence-electron chi connectivity index (χ1n) is 6.99. The summed E-state index contributed by atoms with van der Waals surface area (Å²) in [4.78, 5) is 21.9. The average molecular weight is 307 g/mol. The van der Waals surface area contributed by atoms with E-state index in [2.05, 4.69) is 5.32 Å². The lowest BCUT2D eigenvalue weighted by atomic mass is 10.2. The molecule has 1 aromatic carbocycles. The van der Waals surface area contributed by atoms with Crippen molar-refractivity contribution in [3.63, 3.8) is 0 Å². The number of hydrogen-bond acceptors (Lipinski definition) is 4. The van der Waals surface area contributed by atoms with Crippen molar-refractivity contribution in [2.24, 2.45) is 0 Å². The Labute approximate surface area is 129 Å². The second-order valence-electron chi connectivity index (χ2n) is 4.55. The van der Waals surface area contributed by atoms with E-state index in [1.54, 1.807) is 6.07 Å². The number of allylic oxidation sites excluding steroid dienone is 1. The van der Waals surface area contributed by atoms with Crippen LogP contribution in [0.15, 0.2) is 24.3 Å². The van der Waals surface area contributed by atoms with Crippen LogP contribution in [0.4, 0.5) is 0 Å². The third-order valence-corrected chi connectivity index (χ3v) is 2.80. The van der Waals surface area contributed by atoms with E-state index in [4.69, 9.17) is 14.6 Å². The van der Waals surface area contributed by atoms with Crippen molar-refractivity contribution in [3.05, 3.63) is 29.8 Å². The smallest absolute Gasteiger partial charge is 0.303 e. The zero-order valence-corrected chi connectivity index (χ0v) is 12.8. The van der Waals surface area contributed by atoms with Crippen LogP contribution in [-0.4, -0.2) is 37.2 Å². The number of carbonyl (C=O) groups excluding carboxylic acids is 1. The molecule has 0 fully saturated rings. The van der Waals surface area contributed by atoms with Gasteiger partial charge in [0.1, 0.15) is 0 Å². The van der Waals surface area contributed by atoms with E-state index >= 15 is 0 Å². The lowest BCUT2D eigenvalue weighted by Crippen LogP contribution is -2.30. The van der Waals surface area contributed by atoms with E-state index in [-0.39, 0.29) is 18.9 Å². The molecule has 0 radical (unpaired) electrons. The first kappa shape index (κ1) is 17.6. The molecular formula is C16H21NO5. The van der Waals surface area contributed by atoms with Crippen molar-refractivity contribution in [2.75, 3.05) is 20.3 Å². The number of ether oxygens (including phenoxy) is 2. The summed E-state index contributed by atoms with van der Waals surface area (Å²) in [6.45, 7) is 2.09. The van der Waals surface area contributed by atoms with E-state index in [9.17, 15) is 9.59 Å². The molecule has 1 rings (SSSR count). The molecule has 6 heteroatoms. The van der Waals surface area contributed by atoms with Gasteiger partial charge in [0.05, 0.1) is 7.11 Å². The normalized spacial score (nSPS) is 10.5. The van der Waals surface area contributed by atoms with E-state index in [1.165, 1.54) is 7.11 Å². The number of benzene rings is 1. The van der Waals surface area contributed by atoms with Gasteiger partial charge in [-0.1, -0.05) is 18.2 Å². The Morgan fingerprint density at radius 2 is 2.09 bits per heavy atom. The minimum absolute atomic E-state index is 0.0291. The lowest BCUT2D eigenvalue weighted by Gasteiger charge is -2.11. The molecule has 0 aliphatic carbocycles. The Bertz CT molecular complexity index is 539. The minimum atomic E-state index is -0.878. The summed E-state index contributed by atoms with van der Waals surface area (Å²) in [5.74, 6) is -0.146. The van der Waals surface area contributed by atoms with Crippen molar-refractivity contribution in [2.45, 2.75) is 19.8 Å². The molecule has 2 N–H and O–H groups in total. The standard InChI is InChI=1S/C16H21NO5/c1-3-5-12-7-8-13(14(10-12)21-2)22-11-15(18)17-9-4-6-16(19)20/h3,5,7-8,10H,4,6,9,11H2,1-2H3,(H,17,18)(H,19,20)/b5-3+. The Morgan fingerprint density at radius 3 is 2.73 bits per heavy atom. The number of carbonyl (C=O) groups is 2. The third-order valence-electron chi connectivity index (χ3n) is 2.80. The average Bonchev–Trinajstić information content (AvgIpc) is 2.50. The van der Waals surface area contributed by atoms with E-state index in [0.717, 1.165) is 5.56 Å². The number of carboxylic acid groups (broad SMARTS) is 1. The molecule has 0 heterocycles. The topological polar surface area (TPSA) is 84.9 Å². The fourth-order valence-electron chi connectivity index (χ4n) is 1.76. The van der Waals surface area contributed by atoms with Gasteiger partial charge in [-0.05, 0) is 31.0 Å². The fourth-order valence-corrected chi connectivity index (χ4v) is 1.76. The van der Waals surface area contributed by atoms with Crippen molar-refractivity contribution in [1.29, 1.82) is 0 Å². The van der Waals surface area contributed by atoms with Crippen molar-refractivity contribution >= 4 is 18.0 Å². The maximum atomic E-state index is 11.6. The second-order valence-corrected chi connectivity index (χ2v) is 4.55. The summed E-state index contributed by atoms with van der Waals surface area (Å²) in [7, 11) is 1.54. The molecule has 0 bridgehead atoms. The number of amides is 1. The molecule has 22 heavy (non-hydrogen) atoms. The first-order valence-corrected chi connectivity index (χ1v) is 6.99. The molecule has 0 aromatic heterocycles. The summed E-state index contributed by atoms with van der Waals surface area (Å²) in [6.07, 6.45) is 4.27. The van der Waals surface area contributed by atoms with Gasteiger partial charge in [0.15, 0.2) is 18.1 Å². The van der Waals surface area contributed by atoms with Crippen molar-refractivity contribution in [1.82, 2.24) is 5.32 Å². The molecule has 0 atom stereocenters. The van der Waals surface area contributed by atoms with Gasteiger partial charge < -0.3 is 19.9 Å². The molecule has 0 aliphatic rings. The van der Waals surface area contributed by atoms with Gasteiger partial charge in [-0.25, -0.2) is 0 Å². The van der Waals surface area contributed by atoms with E-state index in [1.807, 2.05) is 31.2 Å². The number of methoxy groups -OCH3 is 1. The number of aliphatic carboxylic acids is 1. The molecule has 1 aromatic rings. The Hall–Kier alpha value is -2.50. The largest absolute Gasteiger partial charge is 0.493 e. The summed E-state index contributed by atoms with van der Waals surface area (Å²) in [5.41, 5.74) is 0.977. The van der Waals surface area contributed by atoms with Crippen LogP contribution in [0.5, 0.6) is 11.5 Å². The quantitative estimate of drug-likeness (QED) is 0.682. The summed E-state index contributed by atoms with van der Waals surface area (Å²) in [5, 5.41) is 11.1. The summed E-state index contributed by atoms with van der Waals surface area (Å²) >= 11 is 0. The maximum Gasteiger partial charge on any atom is 0.303 e. The Balaban J connectivity index is 2.46. The number of carboxylic acids is 1. The molecule has 0 aliphatic heterocycles. The Kier molecular flexibility index (Phi) is 7.53. The van der Waals surface area contributed by atoms with Crippen LogP contribution in [0.25, 0.3) is 6.08 Å². The SMILES string of the molecule is C/C=C/c1ccc(OCC(=O)NCCCC(=O)O)c(OC)c1. The summed E-state index contributed by atoms with van der Waals surface area (Å²) < 4.78 is 10.7. The Morgan fingerprint density at radius 1 is 1.32 bits per heavy atom. The van der Waals surface area contributed by atoms with Crippen LogP contribution in [0, 0.1) is 0 Å².